The van der Waals surface area contributed by atoms with Crippen molar-refractivity contribution in [1.82, 2.24) is 0 Å². The highest BCUT2D eigenvalue weighted by atomic mass is 14.6. The van der Waals surface area contributed by atoms with Crippen molar-refractivity contribution < 1.29 is 0 Å². The first kappa shape index (κ1) is 10.2. The third-order valence-corrected chi connectivity index (χ3v) is 1.46. The summed E-state index contributed by atoms with van der Waals surface area (Å²) < 4.78 is 0. The second kappa shape index (κ2) is 4.16. The lowest BCUT2D eigenvalue weighted by Gasteiger charge is -2.17. The molecule has 0 amide bonds. The Hall–Kier alpha value is -0.790. The van der Waals surface area contributed by atoms with Crippen LogP contribution in [0.15, 0.2) is 11.8 Å². The van der Waals surface area contributed by atoms with Crippen LogP contribution < -0.4 is 5.73 Å². The van der Waals surface area contributed by atoms with Gasteiger partial charge in [-0.1, -0.05) is 20.8 Å². The highest BCUT2D eigenvalue weighted by Gasteiger charge is 2.09. The number of hydrogen-bond acceptors (Lipinski definition) is 2. The van der Waals surface area contributed by atoms with Crippen LogP contribution in [0.4, 0.5) is 0 Å². The molecule has 0 aromatic heterocycles. The second-order valence-electron chi connectivity index (χ2n) is 3.97. The molecule has 2 heteroatoms. The predicted octanol–water partition coefficient (Wildman–Crippen LogP) is 2.30. The van der Waals surface area contributed by atoms with Crippen molar-refractivity contribution in [1.29, 1.82) is 5.41 Å². The standard InChI is InChI=1S/C9H18N2/c1-9(2,3)6-4-8(11)5-7-10/h5,7,10H,4,6,11H2,1-3H3. The molecule has 0 saturated heterocycles. The van der Waals surface area contributed by atoms with Gasteiger partial charge in [-0.05, 0) is 24.3 Å². The van der Waals surface area contributed by atoms with Gasteiger partial charge < -0.3 is 11.1 Å². The summed E-state index contributed by atoms with van der Waals surface area (Å²) in [6, 6.07) is 0. The van der Waals surface area contributed by atoms with E-state index in [4.69, 9.17) is 11.1 Å². The van der Waals surface area contributed by atoms with Gasteiger partial charge in [-0.25, -0.2) is 0 Å². The Morgan fingerprint density at radius 1 is 1.45 bits per heavy atom. The SMILES string of the molecule is CC(C)(C)CCC(N)=CC=N. The highest BCUT2D eigenvalue weighted by Crippen LogP contribution is 2.21. The number of nitrogens with one attached hydrogen (secondary N) is 1. The Balaban J connectivity index is 3.71. The lowest BCUT2D eigenvalue weighted by molar-refractivity contribution is 0.377. The van der Waals surface area contributed by atoms with E-state index in [2.05, 4.69) is 20.8 Å². The fraction of sp³-hybridized carbons (Fsp3) is 0.667. The molecule has 0 aliphatic rings. The molecular formula is C9H18N2. The van der Waals surface area contributed by atoms with Crippen LogP contribution in [0.25, 0.3) is 0 Å². The number of rotatable bonds is 3. The van der Waals surface area contributed by atoms with E-state index in [0.717, 1.165) is 18.5 Å². The van der Waals surface area contributed by atoms with Crippen molar-refractivity contribution in [3.8, 4) is 0 Å². The minimum Gasteiger partial charge on any atom is -0.402 e. The molecule has 0 bridgehead atoms. The van der Waals surface area contributed by atoms with Gasteiger partial charge in [0.15, 0.2) is 0 Å². The molecule has 0 heterocycles. The lowest BCUT2D eigenvalue weighted by Crippen LogP contribution is -2.07. The third kappa shape index (κ3) is 7.10. The summed E-state index contributed by atoms with van der Waals surface area (Å²) in [6.45, 7) is 6.56. The van der Waals surface area contributed by atoms with Gasteiger partial charge in [0.2, 0.25) is 0 Å². The minimum absolute atomic E-state index is 0.334. The molecule has 0 aromatic carbocycles. The molecule has 0 rings (SSSR count). The van der Waals surface area contributed by atoms with E-state index in [1.54, 1.807) is 6.08 Å². The van der Waals surface area contributed by atoms with Crippen LogP contribution in [-0.4, -0.2) is 6.21 Å². The average Bonchev–Trinajstić information content (AvgIpc) is 1.83. The molecule has 2 nitrogen and oxygen atoms in total. The molecular weight excluding hydrogens is 136 g/mol. The molecule has 0 radical (unpaired) electrons. The van der Waals surface area contributed by atoms with E-state index in [0.29, 0.717) is 5.41 Å². The quantitative estimate of drug-likeness (QED) is 0.602. The average molecular weight is 154 g/mol. The summed E-state index contributed by atoms with van der Waals surface area (Å²) in [6.07, 6.45) is 4.84. The van der Waals surface area contributed by atoms with E-state index in [1.807, 2.05) is 0 Å². The first-order valence-corrected chi connectivity index (χ1v) is 3.91. The van der Waals surface area contributed by atoms with Crippen molar-refractivity contribution in [2.45, 2.75) is 33.6 Å². The molecule has 0 aromatic rings. The Kier molecular flexibility index (Phi) is 3.86. The summed E-state index contributed by atoms with van der Waals surface area (Å²) in [5.74, 6) is 0. The summed E-state index contributed by atoms with van der Waals surface area (Å²) in [5, 5.41) is 6.79. The maximum atomic E-state index is 6.79. The van der Waals surface area contributed by atoms with Crippen LogP contribution in [0.2, 0.25) is 0 Å². The smallest absolute Gasteiger partial charge is 0.0194 e. The van der Waals surface area contributed by atoms with Gasteiger partial charge in [0, 0.05) is 11.9 Å². The molecule has 0 unspecified atom stereocenters. The van der Waals surface area contributed by atoms with Crippen LogP contribution in [-0.2, 0) is 0 Å². The zero-order valence-corrected chi connectivity index (χ0v) is 7.65. The Labute approximate surface area is 69.0 Å². The molecule has 0 aliphatic heterocycles. The molecule has 0 fully saturated rings. The monoisotopic (exact) mass is 154 g/mol. The molecule has 11 heavy (non-hydrogen) atoms. The number of nitrogens with two attached hydrogens (primary N) is 1. The second-order valence-corrected chi connectivity index (χ2v) is 3.97. The van der Waals surface area contributed by atoms with Gasteiger partial charge in [0.1, 0.15) is 0 Å². The largest absolute Gasteiger partial charge is 0.402 e. The Morgan fingerprint density at radius 3 is 2.36 bits per heavy atom. The number of allylic oxidation sites excluding steroid dienone is 2. The van der Waals surface area contributed by atoms with E-state index < -0.39 is 0 Å². The first-order chi connectivity index (χ1) is 4.95. The highest BCUT2D eigenvalue weighted by molar-refractivity contribution is 5.68. The lowest BCUT2D eigenvalue weighted by atomic mass is 9.90. The van der Waals surface area contributed by atoms with Crippen molar-refractivity contribution in [3.63, 3.8) is 0 Å². The van der Waals surface area contributed by atoms with Crippen LogP contribution in [0, 0.1) is 10.8 Å². The van der Waals surface area contributed by atoms with E-state index in [1.165, 1.54) is 6.21 Å². The Bertz CT molecular complexity index is 151. The van der Waals surface area contributed by atoms with Gasteiger partial charge in [-0.3, -0.25) is 0 Å². The fourth-order valence-electron chi connectivity index (χ4n) is 0.710. The molecule has 0 saturated carbocycles. The van der Waals surface area contributed by atoms with Gasteiger partial charge in [0.25, 0.3) is 0 Å². The van der Waals surface area contributed by atoms with Crippen LogP contribution in [0.1, 0.15) is 33.6 Å². The van der Waals surface area contributed by atoms with Crippen molar-refractivity contribution in [3.05, 3.63) is 11.8 Å². The zero-order chi connectivity index (χ0) is 8.91. The molecule has 0 aliphatic carbocycles. The maximum Gasteiger partial charge on any atom is 0.0194 e. The summed E-state index contributed by atoms with van der Waals surface area (Å²) >= 11 is 0. The van der Waals surface area contributed by atoms with E-state index in [9.17, 15) is 0 Å². The molecule has 0 spiro atoms. The normalized spacial score (nSPS) is 13.2. The number of hydrogen-bond donors (Lipinski definition) is 2. The molecule has 64 valence electrons. The van der Waals surface area contributed by atoms with Crippen molar-refractivity contribution in [2.24, 2.45) is 11.1 Å². The fourth-order valence-corrected chi connectivity index (χ4v) is 0.710. The summed E-state index contributed by atoms with van der Waals surface area (Å²) in [4.78, 5) is 0. The first-order valence-electron chi connectivity index (χ1n) is 3.91. The summed E-state index contributed by atoms with van der Waals surface area (Å²) in [7, 11) is 0. The van der Waals surface area contributed by atoms with Crippen LogP contribution >= 0.6 is 0 Å². The third-order valence-electron chi connectivity index (χ3n) is 1.46. The van der Waals surface area contributed by atoms with E-state index in [-0.39, 0.29) is 0 Å². The van der Waals surface area contributed by atoms with Gasteiger partial charge in [-0.15, -0.1) is 0 Å². The van der Waals surface area contributed by atoms with Gasteiger partial charge >= 0.3 is 0 Å². The predicted molar refractivity (Wildman–Crippen MR) is 49.7 cm³/mol. The topological polar surface area (TPSA) is 49.9 Å². The molecule has 0 atom stereocenters. The minimum atomic E-state index is 0.334. The van der Waals surface area contributed by atoms with Crippen molar-refractivity contribution in [2.75, 3.05) is 0 Å². The maximum absolute atomic E-state index is 6.79. The van der Waals surface area contributed by atoms with Crippen LogP contribution in [0.5, 0.6) is 0 Å². The molecule has 3 N–H and O–H groups in total. The van der Waals surface area contributed by atoms with Gasteiger partial charge in [-0.2, -0.15) is 0 Å². The van der Waals surface area contributed by atoms with E-state index >= 15 is 0 Å². The Morgan fingerprint density at radius 2 is 2.00 bits per heavy atom. The van der Waals surface area contributed by atoms with Crippen LogP contribution in [0.3, 0.4) is 0 Å². The zero-order valence-electron chi connectivity index (χ0n) is 7.65. The van der Waals surface area contributed by atoms with Gasteiger partial charge in [0.05, 0.1) is 0 Å². The summed E-state index contributed by atoms with van der Waals surface area (Å²) in [5.41, 5.74) is 6.74. The van der Waals surface area contributed by atoms with Crippen molar-refractivity contribution >= 4 is 6.21 Å².